The van der Waals surface area contributed by atoms with Gasteiger partial charge in [-0.1, -0.05) is 45.7 Å². The Kier molecular flexibility index (Phi) is 9.11. The topological polar surface area (TPSA) is 41.5 Å². The molecule has 0 radical (unpaired) electrons. The van der Waals surface area contributed by atoms with Gasteiger partial charge in [-0.3, -0.25) is 0 Å². The summed E-state index contributed by atoms with van der Waals surface area (Å²) in [5.74, 6) is 1.60. The van der Waals surface area contributed by atoms with Gasteiger partial charge in [0.1, 0.15) is 18.5 Å². The molecule has 0 spiro atoms. The monoisotopic (exact) mass is 293 g/mol. The Hall–Kier alpha value is -1.06. The Bertz CT molecular complexity index is 362. The maximum absolute atomic E-state index is 9.87. The van der Waals surface area contributed by atoms with E-state index in [0.717, 1.165) is 24.6 Å². The molecule has 1 atom stereocenters. The highest BCUT2D eigenvalue weighted by molar-refractivity contribution is 5.27. The molecule has 0 aromatic heterocycles. The van der Waals surface area contributed by atoms with Gasteiger partial charge in [0.2, 0.25) is 0 Å². The number of hydrogen-bond acceptors (Lipinski definition) is 3. The second-order valence-electron chi connectivity index (χ2n) is 6.06. The lowest BCUT2D eigenvalue weighted by Gasteiger charge is -2.13. The predicted molar refractivity (Wildman–Crippen MR) is 88.9 cm³/mol. The molecule has 1 unspecified atom stereocenters. The first-order valence-electron chi connectivity index (χ1n) is 8.22. The first-order chi connectivity index (χ1) is 10.1. The molecule has 3 nitrogen and oxygen atoms in total. The summed E-state index contributed by atoms with van der Waals surface area (Å²) in [5, 5.41) is 13.2. The fourth-order valence-corrected chi connectivity index (χ4v) is 2.14. The van der Waals surface area contributed by atoms with Crippen molar-refractivity contribution in [2.24, 2.45) is 5.92 Å². The zero-order chi connectivity index (χ0) is 15.5. The van der Waals surface area contributed by atoms with Crippen LogP contribution in [-0.4, -0.2) is 30.9 Å². The lowest BCUT2D eigenvalue weighted by molar-refractivity contribution is 0.106. The SMILES string of the molecule is CCc1ccc(OCC(O)CNCCCCC(C)C)cc1. The first kappa shape index (κ1) is 18.0. The van der Waals surface area contributed by atoms with Crippen LogP contribution in [0.15, 0.2) is 24.3 Å². The Morgan fingerprint density at radius 2 is 1.86 bits per heavy atom. The van der Waals surface area contributed by atoms with Crippen molar-refractivity contribution in [3.8, 4) is 5.75 Å². The third-order valence-electron chi connectivity index (χ3n) is 3.54. The number of nitrogens with one attached hydrogen (secondary N) is 1. The maximum Gasteiger partial charge on any atom is 0.119 e. The standard InChI is InChI=1S/C18H31NO2/c1-4-16-8-10-18(11-9-16)21-14-17(20)13-19-12-6-5-7-15(2)3/h8-11,15,17,19-20H,4-7,12-14H2,1-3H3. The van der Waals surface area contributed by atoms with Crippen LogP contribution in [0.25, 0.3) is 0 Å². The molecule has 0 aliphatic carbocycles. The summed E-state index contributed by atoms with van der Waals surface area (Å²) in [6.07, 6.45) is 4.27. The minimum absolute atomic E-state index is 0.338. The minimum Gasteiger partial charge on any atom is -0.491 e. The Labute approximate surface area is 129 Å². The zero-order valence-corrected chi connectivity index (χ0v) is 13.8. The van der Waals surface area contributed by atoms with Crippen LogP contribution in [0.1, 0.15) is 45.6 Å². The van der Waals surface area contributed by atoms with Crippen LogP contribution in [0.2, 0.25) is 0 Å². The van der Waals surface area contributed by atoms with Gasteiger partial charge in [-0.05, 0) is 43.0 Å². The van der Waals surface area contributed by atoms with Crippen LogP contribution < -0.4 is 10.1 Å². The molecule has 0 aliphatic heterocycles. The summed E-state index contributed by atoms with van der Waals surface area (Å²) in [4.78, 5) is 0. The highest BCUT2D eigenvalue weighted by atomic mass is 16.5. The van der Waals surface area contributed by atoms with Crippen LogP contribution >= 0.6 is 0 Å². The van der Waals surface area contributed by atoms with Crippen LogP contribution in [0.3, 0.4) is 0 Å². The molecule has 0 saturated heterocycles. The average molecular weight is 293 g/mol. The third kappa shape index (κ3) is 8.74. The Balaban J connectivity index is 2.06. The van der Waals surface area contributed by atoms with Gasteiger partial charge in [-0.25, -0.2) is 0 Å². The van der Waals surface area contributed by atoms with Crippen molar-refractivity contribution < 1.29 is 9.84 Å². The smallest absolute Gasteiger partial charge is 0.119 e. The molecular formula is C18H31NO2. The quantitative estimate of drug-likeness (QED) is 0.614. The van der Waals surface area contributed by atoms with Crippen LogP contribution in [0.4, 0.5) is 0 Å². The molecule has 120 valence electrons. The van der Waals surface area contributed by atoms with Crippen LogP contribution in [0.5, 0.6) is 5.75 Å². The summed E-state index contributed by atoms with van der Waals surface area (Å²) in [7, 11) is 0. The lowest BCUT2D eigenvalue weighted by Crippen LogP contribution is -2.32. The summed E-state index contributed by atoms with van der Waals surface area (Å²) < 4.78 is 5.59. The molecule has 0 bridgehead atoms. The highest BCUT2D eigenvalue weighted by Gasteiger charge is 2.05. The van der Waals surface area contributed by atoms with Crippen LogP contribution in [0, 0.1) is 5.92 Å². The Morgan fingerprint density at radius 1 is 1.14 bits per heavy atom. The summed E-state index contributed by atoms with van der Waals surface area (Å²) in [6.45, 7) is 8.53. The molecule has 1 aromatic rings. The molecule has 0 aliphatic rings. The van der Waals surface area contributed by atoms with Gasteiger partial charge in [-0.15, -0.1) is 0 Å². The van der Waals surface area contributed by atoms with E-state index in [1.54, 1.807) is 0 Å². The number of unbranched alkanes of at least 4 members (excludes halogenated alkanes) is 1. The number of aryl methyl sites for hydroxylation is 1. The van der Waals surface area contributed by atoms with Crippen molar-refractivity contribution in [2.45, 2.75) is 52.6 Å². The largest absolute Gasteiger partial charge is 0.491 e. The van der Waals surface area contributed by atoms with Gasteiger partial charge in [0.05, 0.1) is 0 Å². The first-order valence-corrected chi connectivity index (χ1v) is 8.22. The summed E-state index contributed by atoms with van der Waals surface area (Å²) in [6, 6.07) is 8.05. The normalized spacial score (nSPS) is 12.6. The fraction of sp³-hybridized carbons (Fsp3) is 0.667. The van der Waals surface area contributed by atoms with Crippen molar-refractivity contribution in [3.05, 3.63) is 29.8 Å². The van der Waals surface area contributed by atoms with E-state index in [0.29, 0.717) is 13.2 Å². The van der Waals surface area contributed by atoms with E-state index in [-0.39, 0.29) is 0 Å². The maximum atomic E-state index is 9.87. The Morgan fingerprint density at radius 3 is 2.48 bits per heavy atom. The van der Waals surface area contributed by atoms with Gasteiger partial charge in [0.15, 0.2) is 0 Å². The zero-order valence-electron chi connectivity index (χ0n) is 13.8. The number of aliphatic hydroxyl groups is 1. The molecular weight excluding hydrogens is 262 g/mol. The summed E-state index contributed by atoms with van der Waals surface area (Å²) in [5.41, 5.74) is 1.30. The van der Waals surface area contributed by atoms with Gasteiger partial charge in [0.25, 0.3) is 0 Å². The number of benzene rings is 1. The van der Waals surface area contributed by atoms with E-state index in [9.17, 15) is 5.11 Å². The van der Waals surface area contributed by atoms with E-state index >= 15 is 0 Å². The van der Waals surface area contributed by atoms with E-state index in [4.69, 9.17) is 4.74 Å². The van der Waals surface area contributed by atoms with Crippen molar-refractivity contribution in [2.75, 3.05) is 19.7 Å². The fourth-order valence-electron chi connectivity index (χ4n) is 2.14. The number of aliphatic hydroxyl groups excluding tert-OH is 1. The van der Waals surface area contributed by atoms with Gasteiger partial charge in [-0.2, -0.15) is 0 Å². The van der Waals surface area contributed by atoms with Crippen molar-refractivity contribution >= 4 is 0 Å². The number of hydrogen-bond donors (Lipinski definition) is 2. The highest BCUT2D eigenvalue weighted by Crippen LogP contribution is 2.12. The molecule has 1 aromatic carbocycles. The number of rotatable bonds is 11. The van der Waals surface area contributed by atoms with Crippen molar-refractivity contribution in [3.63, 3.8) is 0 Å². The van der Waals surface area contributed by atoms with Crippen molar-refractivity contribution in [1.29, 1.82) is 0 Å². The summed E-state index contributed by atoms with van der Waals surface area (Å²) >= 11 is 0. The second-order valence-corrected chi connectivity index (χ2v) is 6.06. The van der Waals surface area contributed by atoms with E-state index in [2.05, 4.69) is 38.2 Å². The molecule has 3 heteroatoms. The van der Waals surface area contributed by atoms with Gasteiger partial charge < -0.3 is 15.2 Å². The number of ether oxygens (including phenoxy) is 1. The van der Waals surface area contributed by atoms with Crippen molar-refractivity contribution in [1.82, 2.24) is 5.32 Å². The molecule has 1 rings (SSSR count). The van der Waals surface area contributed by atoms with Crippen LogP contribution in [-0.2, 0) is 6.42 Å². The predicted octanol–water partition coefficient (Wildman–Crippen LogP) is 3.40. The molecule has 2 N–H and O–H groups in total. The molecule has 0 amide bonds. The van der Waals surface area contributed by atoms with E-state index in [1.165, 1.54) is 24.8 Å². The third-order valence-corrected chi connectivity index (χ3v) is 3.54. The minimum atomic E-state index is -0.457. The van der Waals surface area contributed by atoms with Gasteiger partial charge >= 0.3 is 0 Å². The second kappa shape index (κ2) is 10.6. The molecule has 0 fully saturated rings. The average Bonchev–Trinajstić information content (AvgIpc) is 2.49. The molecule has 0 heterocycles. The van der Waals surface area contributed by atoms with E-state index < -0.39 is 6.10 Å². The van der Waals surface area contributed by atoms with E-state index in [1.807, 2.05) is 12.1 Å². The lowest BCUT2D eigenvalue weighted by atomic mass is 10.1. The molecule has 0 saturated carbocycles. The van der Waals surface area contributed by atoms with Gasteiger partial charge in [0, 0.05) is 6.54 Å². The molecule has 21 heavy (non-hydrogen) atoms.